The highest BCUT2D eigenvalue weighted by Gasteiger charge is 2.15. The lowest BCUT2D eigenvalue weighted by molar-refractivity contribution is -0.753. The average molecular weight is 300 g/mol. The maximum atomic E-state index is 11.4. The highest BCUT2D eigenvalue weighted by atomic mass is 16.6. The quantitative estimate of drug-likeness (QED) is 0.498. The van der Waals surface area contributed by atoms with Gasteiger partial charge in [0.2, 0.25) is 0 Å². The summed E-state index contributed by atoms with van der Waals surface area (Å²) >= 11 is 0. The van der Waals surface area contributed by atoms with Gasteiger partial charge in [-0.25, -0.2) is 4.79 Å². The van der Waals surface area contributed by atoms with Crippen LogP contribution in [0.25, 0.3) is 0 Å². The smallest absolute Gasteiger partial charge is 0.407 e. The van der Waals surface area contributed by atoms with Crippen molar-refractivity contribution in [1.82, 2.24) is 10.00 Å². The number of ether oxygens (including phenoxy) is 1. The van der Waals surface area contributed by atoms with Gasteiger partial charge in [0.15, 0.2) is 13.2 Å². The van der Waals surface area contributed by atoms with Crippen molar-refractivity contribution in [2.24, 2.45) is 7.05 Å². The van der Waals surface area contributed by atoms with Crippen molar-refractivity contribution in [2.45, 2.75) is 46.3 Å². The Bertz CT molecular complexity index is 450. The molecule has 0 fully saturated rings. The molecule has 0 unspecified atom stereocenters. The van der Waals surface area contributed by atoms with Gasteiger partial charge in [-0.05, 0) is 34.1 Å². The van der Waals surface area contributed by atoms with Crippen LogP contribution >= 0.6 is 0 Å². The highest BCUT2D eigenvalue weighted by Crippen LogP contribution is 2.06. The Kier molecular flexibility index (Phi) is 8.11. The lowest BCUT2D eigenvalue weighted by atomic mass is 10.2. The summed E-state index contributed by atoms with van der Waals surface area (Å²) in [5, 5.41) is 9.64. The van der Waals surface area contributed by atoms with E-state index in [9.17, 15) is 4.79 Å². The average Bonchev–Trinajstić information content (AvgIpc) is 2.62. The molecule has 0 atom stereocenters. The second-order valence-corrected chi connectivity index (χ2v) is 5.63. The number of aromatic nitrogens is 2. The number of rotatable bonds is 4. The molecule has 7 heteroatoms. The van der Waals surface area contributed by atoms with Gasteiger partial charge in [-0.15, -0.1) is 4.68 Å². The number of carbonyl (C=O) groups excluding carboxylic acids is 1. The molecule has 7 nitrogen and oxygen atoms in total. The van der Waals surface area contributed by atoms with Crippen molar-refractivity contribution in [3.63, 3.8) is 0 Å². The van der Waals surface area contributed by atoms with Gasteiger partial charge in [0.25, 0.3) is 6.47 Å². The highest BCUT2D eigenvalue weighted by molar-refractivity contribution is 5.67. The van der Waals surface area contributed by atoms with E-state index in [0.29, 0.717) is 6.54 Å². The molecule has 1 aromatic rings. The van der Waals surface area contributed by atoms with E-state index in [4.69, 9.17) is 14.6 Å². The summed E-state index contributed by atoms with van der Waals surface area (Å²) in [6.45, 7) is 8.88. The number of nitrogens with one attached hydrogen (secondary N) is 1. The van der Waals surface area contributed by atoms with Crippen molar-refractivity contribution in [2.75, 3.05) is 6.54 Å². The van der Waals surface area contributed by atoms with Crippen LogP contribution < -0.4 is 10.00 Å². The molecule has 0 saturated heterocycles. The number of nitrogens with zero attached hydrogens (tertiary/aromatic N) is 2. The SMILES string of the molecule is Cc1cn(CCCNC(=O)OC(C)(C)C)[n+](C)c1.O=CO. The van der Waals surface area contributed by atoms with Crippen LogP contribution in [0.1, 0.15) is 32.8 Å². The van der Waals surface area contributed by atoms with E-state index in [1.165, 1.54) is 5.56 Å². The number of aryl methyl sites for hydroxylation is 3. The van der Waals surface area contributed by atoms with Crippen LogP contribution in [0.15, 0.2) is 12.4 Å². The van der Waals surface area contributed by atoms with Gasteiger partial charge >= 0.3 is 6.09 Å². The van der Waals surface area contributed by atoms with Crippen LogP contribution in [0.4, 0.5) is 4.79 Å². The van der Waals surface area contributed by atoms with Crippen LogP contribution in [-0.4, -0.2) is 34.5 Å². The molecular weight excluding hydrogens is 274 g/mol. The molecule has 2 N–H and O–H groups in total. The van der Waals surface area contributed by atoms with Crippen molar-refractivity contribution in [1.29, 1.82) is 0 Å². The molecule has 1 aromatic heterocycles. The third-order valence-electron chi connectivity index (χ3n) is 2.38. The summed E-state index contributed by atoms with van der Waals surface area (Å²) in [5.41, 5.74) is 0.797. The second-order valence-electron chi connectivity index (χ2n) is 5.63. The normalized spacial score (nSPS) is 10.3. The molecule has 0 spiro atoms. The number of hydrogen-bond acceptors (Lipinski definition) is 3. The summed E-state index contributed by atoms with van der Waals surface area (Å²) in [6.07, 6.45) is 4.69. The Labute approximate surface area is 125 Å². The van der Waals surface area contributed by atoms with Crippen LogP contribution in [0.3, 0.4) is 0 Å². The van der Waals surface area contributed by atoms with E-state index in [1.807, 2.05) is 32.5 Å². The van der Waals surface area contributed by atoms with Crippen LogP contribution in [0.5, 0.6) is 0 Å². The van der Waals surface area contributed by atoms with Crippen LogP contribution in [0, 0.1) is 6.92 Å². The first-order valence-corrected chi connectivity index (χ1v) is 6.77. The topological polar surface area (TPSA) is 84.4 Å². The van der Waals surface area contributed by atoms with Crippen molar-refractivity contribution < 1.29 is 24.1 Å². The maximum Gasteiger partial charge on any atom is 0.407 e. The second kappa shape index (κ2) is 8.99. The zero-order chi connectivity index (χ0) is 16.5. The maximum absolute atomic E-state index is 11.4. The zero-order valence-corrected chi connectivity index (χ0v) is 13.4. The molecule has 1 heterocycles. The third kappa shape index (κ3) is 9.48. The fourth-order valence-electron chi connectivity index (χ4n) is 1.70. The van der Waals surface area contributed by atoms with Gasteiger partial charge in [-0.1, -0.05) is 0 Å². The third-order valence-corrected chi connectivity index (χ3v) is 2.38. The number of carboxylic acid groups (broad SMARTS) is 1. The van der Waals surface area contributed by atoms with E-state index in [-0.39, 0.29) is 12.6 Å². The summed E-state index contributed by atoms with van der Waals surface area (Å²) in [5.74, 6) is 0. The van der Waals surface area contributed by atoms with E-state index in [1.54, 1.807) is 0 Å². The standard InChI is InChI=1S/C13H23N3O2.CH2O2/c1-11-9-15(5)16(10-11)8-6-7-14-12(17)18-13(2,3)4;2-1-3/h9-10H,6-8H2,1-5H3;1H,(H,2,3)/p+1. The number of carbonyl (C=O) groups is 2. The van der Waals surface area contributed by atoms with Gasteiger partial charge in [-0.2, -0.15) is 4.68 Å². The van der Waals surface area contributed by atoms with Gasteiger partial charge in [0, 0.05) is 12.1 Å². The van der Waals surface area contributed by atoms with Gasteiger partial charge in [0.05, 0.1) is 12.7 Å². The molecule has 0 aliphatic carbocycles. The first-order valence-electron chi connectivity index (χ1n) is 6.77. The lowest BCUT2D eigenvalue weighted by Crippen LogP contribution is -2.39. The molecule has 0 aliphatic heterocycles. The van der Waals surface area contributed by atoms with E-state index >= 15 is 0 Å². The molecule has 21 heavy (non-hydrogen) atoms. The van der Waals surface area contributed by atoms with Crippen molar-refractivity contribution in [3.8, 4) is 0 Å². The van der Waals surface area contributed by atoms with Crippen molar-refractivity contribution in [3.05, 3.63) is 18.0 Å². The molecular formula is C14H26N3O4+. The first-order chi connectivity index (χ1) is 9.69. The predicted octanol–water partition coefficient (Wildman–Crippen LogP) is 1.24. The van der Waals surface area contributed by atoms with E-state index in [0.717, 1.165) is 13.0 Å². The molecule has 0 aromatic carbocycles. The fraction of sp³-hybridized carbons (Fsp3) is 0.643. The molecule has 1 amide bonds. The summed E-state index contributed by atoms with van der Waals surface area (Å²) in [7, 11) is 2.01. The minimum absolute atomic E-state index is 0.250. The molecule has 1 rings (SSSR count). The van der Waals surface area contributed by atoms with Gasteiger partial charge in [-0.3, -0.25) is 4.79 Å². The summed E-state index contributed by atoms with van der Waals surface area (Å²) in [4.78, 5) is 19.8. The predicted molar refractivity (Wildman–Crippen MR) is 77.9 cm³/mol. The fourth-order valence-corrected chi connectivity index (χ4v) is 1.70. The van der Waals surface area contributed by atoms with Gasteiger partial charge < -0.3 is 15.2 Å². The molecule has 0 bridgehead atoms. The largest absolute Gasteiger partial charge is 0.483 e. The minimum atomic E-state index is -0.436. The molecule has 0 aliphatic rings. The molecule has 0 saturated carbocycles. The Hall–Kier alpha value is -2.05. The zero-order valence-electron chi connectivity index (χ0n) is 13.4. The molecule has 0 radical (unpaired) electrons. The summed E-state index contributed by atoms with van der Waals surface area (Å²) < 4.78 is 9.32. The molecule has 120 valence electrons. The first kappa shape index (κ1) is 18.9. The number of amides is 1. The Morgan fingerprint density at radius 1 is 1.52 bits per heavy atom. The Balaban J connectivity index is 0.00000122. The van der Waals surface area contributed by atoms with Crippen molar-refractivity contribution >= 4 is 12.6 Å². The monoisotopic (exact) mass is 300 g/mol. The van der Waals surface area contributed by atoms with Crippen LogP contribution in [0.2, 0.25) is 0 Å². The summed E-state index contributed by atoms with van der Waals surface area (Å²) in [6, 6.07) is 0. The van der Waals surface area contributed by atoms with Crippen LogP contribution in [-0.2, 0) is 23.1 Å². The van der Waals surface area contributed by atoms with E-state index in [2.05, 4.69) is 29.3 Å². The number of alkyl carbamates (subject to hydrolysis) is 1. The van der Waals surface area contributed by atoms with E-state index < -0.39 is 5.60 Å². The minimum Gasteiger partial charge on any atom is -0.483 e. The lowest BCUT2D eigenvalue weighted by Gasteiger charge is -2.19. The number of hydrogen-bond donors (Lipinski definition) is 2. The Morgan fingerprint density at radius 3 is 2.52 bits per heavy atom. The Morgan fingerprint density at radius 2 is 2.10 bits per heavy atom. The van der Waals surface area contributed by atoms with Gasteiger partial charge in [0.1, 0.15) is 5.60 Å².